The number of carbonyl (C=O) groups is 2. The van der Waals surface area contributed by atoms with Gasteiger partial charge in [0.1, 0.15) is 5.78 Å². The maximum absolute atomic E-state index is 12.0. The van der Waals surface area contributed by atoms with E-state index in [0.29, 0.717) is 6.42 Å². The van der Waals surface area contributed by atoms with E-state index in [1.165, 1.54) is 24.8 Å². The maximum Gasteiger partial charge on any atom is 0.158 e. The molecule has 2 atom stereocenters. The van der Waals surface area contributed by atoms with Crippen LogP contribution in [0.2, 0.25) is 0 Å². The Kier molecular flexibility index (Phi) is 3.50. The molecule has 2 aliphatic carbocycles. The van der Waals surface area contributed by atoms with Crippen LogP contribution in [-0.2, 0) is 9.59 Å². The van der Waals surface area contributed by atoms with Gasteiger partial charge in [-0.15, -0.1) is 0 Å². The van der Waals surface area contributed by atoms with Crippen LogP contribution in [0, 0.1) is 11.3 Å². The molecule has 0 aromatic carbocycles. The van der Waals surface area contributed by atoms with Gasteiger partial charge in [0.25, 0.3) is 0 Å². The average Bonchev–Trinajstić information content (AvgIpc) is 2.27. The number of fused-ring (bicyclic) bond motifs is 1. The molecule has 0 bridgehead atoms. The molecule has 0 aromatic heterocycles. The Hall–Kier alpha value is -0.920. The lowest BCUT2D eigenvalue weighted by molar-refractivity contribution is -0.121. The van der Waals surface area contributed by atoms with Gasteiger partial charge in [0.05, 0.1) is 0 Å². The Balaban J connectivity index is 2.10. The fourth-order valence-corrected chi connectivity index (χ4v) is 3.33. The normalized spacial score (nSPS) is 32.9. The highest BCUT2D eigenvalue weighted by atomic mass is 16.1. The van der Waals surface area contributed by atoms with E-state index in [4.69, 9.17) is 0 Å². The standard InChI is InChI=1S/C15H22O2/c1-11(16)6-7-12-10-15(2)8-4-3-5-13(15)9-14(12)17/h9,12H,3-8,10H2,1-2H3/t12-,15+/m0/s1. The molecule has 0 radical (unpaired) electrons. The van der Waals surface area contributed by atoms with Crippen LogP contribution in [0.1, 0.15) is 58.8 Å². The third kappa shape index (κ3) is 2.67. The van der Waals surface area contributed by atoms with Gasteiger partial charge in [0.2, 0.25) is 0 Å². The molecule has 0 spiro atoms. The molecule has 0 aromatic rings. The molecule has 0 N–H and O–H groups in total. The molecule has 0 heterocycles. The van der Waals surface area contributed by atoms with E-state index in [1.807, 2.05) is 6.08 Å². The summed E-state index contributed by atoms with van der Waals surface area (Å²) in [7, 11) is 0. The zero-order valence-corrected chi connectivity index (χ0v) is 10.9. The average molecular weight is 234 g/mol. The molecule has 1 fully saturated rings. The molecular formula is C15H22O2. The van der Waals surface area contributed by atoms with Crippen molar-refractivity contribution in [1.29, 1.82) is 0 Å². The third-order valence-electron chi connectivity index (χ3n) is 4.46. The van der Waals surface area contributed by atoms with Crippen LogP contribution in [0.25, 0.3) is 0 Å². The Morgan fingerprint density at radius 3 is 2.94 bits per heavy atom. The second-order valence-corrected chi connectivity index (χ2v) is 5.98. The SMILES string of the molecule is CC(=O)CC[C@H]1C[C@@]2(C)CCCCC2=CC1=O. The summed E-state index contributed by atoms with van der Waals surface area (Å²) in [6, 6.07) is 0. The number of allylic oxidation sites excluding steroid dienone is 2. The molecule has 2 nitrogen and oxygen atoms in total. The summed E-state index contributed by atoms with van der Waals surface area (Å²) in [4.78, 5) is 23.0. The first-order chi connectivity index (χ1) is 8.01. The first kappa shape index (κ1) is 12.5. The van der Waals surface area contributed by atoms with E-state index in [-0.39, 0.29) is 22.9 Å². The number of hydrogen-bond donors (Lipinski definition) is 0. The van der Waals surface area contributed by atoms with Crippen molar-refractivity contribution in [2.45, 2.75) is 58.8 Å². The van der Waals surface area contributed by atoms with E-state index in [1.54, 1.807) is 6.92 Å². The quantitative estimate of drug-likeness (QED) is 0.749. The number of Topliss-reactive ketones (excluding diaryl/α,β-unsaturated/α-hetero) is 1. The van der Waals surface area contributed by atoms with Gasteiger partial charge in [-0.1, -0.05) is 18.9 Å². The fourth-order valence-electron chi connectivity index (χ4n) is 3.33. The largest absolute Gasteiger partial charge is 0.300 e. The molecule has 94 valence electrons. The predicted octanol–water partition coefficient (Wildman–Crippen LogP) is 3.45. The van der Waals surface area contributed by atoms with Crippen LogP contribution >= 0.6 is 0 Å². The second-order valence-electron chi connectivity index (χ2n) is 5.98. The lowest BCUT2D eigenvalue weighted by Gasteiger charge is -2.41. The van der Waals surface area contributed by atoms with Crippen molar-refractivity contribution in [1.82, 2.24) is 0 Å². The molecule has 0 amide bonds. The fraction of sp³-hybridized carbons (Fsp3) is 0.733. The molecule has 1 saturated carbocycles. The minimum atomic E-state index is 0.0887. The van der Waals surface area contributed by atoms with Gasteiger partial charge in [0.15, 0.2) is 5.78 Å². The minimum Gasteiger partial charge on any atom is -0.300 e. The predicted molar refractivity (Wildman–Crippen MR) is 67.7 cm³/mol. The van der Waals surface area contributed by atoms with Gasteiger partial charge in [-0.05, 0) is 50.5 Å². The monoisotopic (exact) mass is 234 g/mol. The molecule has 0 saturated heterocycles. The van der Waals surface area contributed by atoms with E-state index >= 15 is 0 Å². The Labute approximate surface area is 103 Å². The summed E-state index contributed by atoms with van der Waals surface area (Å²) in [6.07, 6.45) is 8.97. The molecule has 0 aliphatic heterocycles. The highest BCUT2D eigenvalue weighted by Crippen LogP contribution is 2.48. The Bertz CT molecular complexity index is 367. The van der Waals surface area contributed by atoms with Crippen molar-refractivity contribution < 1.29 is 9.59 Å². The van der Waals surface area contributed by atoms with E-state index in [2.05, 4.69) is 6.92 Å². The molecule has 2 aliphatic rings. The number of ketones is 2. The number of rotatable bonds is 3. The van der Waals surface area contributed by atoms with Gasteiger partial charge >= 0.3 is 0 Å². The van der Waals surface area contributed by atoms with Gasteiger partial charge < -0.3 is 4.79 Å². The van der Waals surface area contributed by atoms with Gasteiger partial charge in [-0.25, -0.2) is 0 Å². The summed E-state index contributed by atoms with van der Waals surface area (Å²) in [6.45, 7) is 3.90. The van der Waals surface area contributed by atoms with Gasteiger partial charge in [0, 0.05) is 12.3 Å². The second kappa shape index (κ2) is 4.75. The van der Waals surface area contributed by atoms with Crippen molar-refractivity contribution >= 4 is 11.6 Å². The molecular weight excluding hydrogens is 212 g/mol. The number of hydrogen-bond acceptors (Lipinski definition) is 2. The van der Waals surface area contributed by atoms with Crippen LogP contribution in [0.5, 0.6) is 0 Å². The van der Waals surface area contributed by atoms with Crippen molar-refractivity contribution in [3.8, 4) is 0 Å². The maximum atomic E-state index is 12.0. The van der Waals surface area contributed by atoms with Crippen molar-refractivity contribution in [3.63, 3.8) is 0 Å². The summed E-state index contributed by atoms with van der Waals surface area (Å²) >= 11 is 0. The van der Waals surface area contributed by atoms with Crippen molar-refractivity contribution in [3.05, 3.63) is 11.6 Å². The lowest BCUT2D eigenvalue weighted by Crippen LogP contribution is -2.34. The van der Waals surface area contributed by atoms with E-state index < -0.39 is 0 Å². The molecule has 2 rings (SSSR count). The minimum absolute atomic E-state index is 0.0887. The Morgan fingerprint density at radius 1 is 1.47 bits per heavy atom. The topological polar surface area (TPSA) is 34.1 Å². The van der Waals surface area contributed by atoms with E-state index in [0.717, 1.165) is 19.3 Å². The smallest absolute Gasteiger partial charge is 0.158 e. The summed E-state index contributed by atoms with van der Waals surface area (Å²) < 4.78 is 0. The summed E-state index contributed by atoms with van der Waals surface area (Å²) in [5.74, 6) is 0.549. The van der Waals surface area contributed by atoms with Gasteiger partial charge in [-0.3, -0.25) is 4.79 Å². The Morgan fingerprint density at radius 2 is 2.24 bits per heavy atom. The first-order valence-electron chi connectivity index (χ1n) is 6.75. The van der Waals surface area contributed by atoms with Crippen LogP contribution in [0.15, 0.2) is 11.6 Å². The highest BCUT2D eigenvalue weighted by molar-refractivity contribution is 5.94. The molecule has 0 unspecified atom stereocenters. The van der Waals surface area contributed by atoms with Crippen molar-refractivity contribution in [2.75, 3.05) is 0 Å². The summed E-state index contributed by atoms with van der Waals surface area (Å²) in [5.41, 5.74) is 1.61. The highest BCUT2D eigenvalue weighted by Gasteiger charge is 2.39. The van der Waals surface area contributed by atoms with Crippen LogP contribution in [0.3, 0.4) is 0 Å². The zero-order chi connectivity index (χ0) is 12.5. The van der Waals surface area contributed by atoms with E-state index in [9.17, 15) is 9.59 Å². The molecule has 2 heteroatoms. The third-order valence-corrected chi connectivity index (χ3v) is 4.46. The summed E-state index contributed by atoms with van der Waals surface area (Å²) in [5, 5.41) is 0. The van der Waals surface area contributed by atoms with Crippen molar-refractivity contribution in [2.24, 2.45) is 11.3 Å². The lowest BCUT2D eigenvalue weighted by atomic mass is 9.62. The van der Waals surface area contributed by atoms with Gasteiger partial charge in [-0.2, -0.15) is 0 Å². The van der Waals surface area contributed by atoms with Crippen LogP contribution in [0.4, 0.5) is 0 Å². The van der Waals surface area contributed by atoms with Crippen LogP contribution in [-0.4, -0.2) is 11.6 Å². The molecule has 17 heavy (non-hydrogen) atoms. The van der Waals surface area contributed by atoms with Crippen LogP contribution < -0.4 is 0 Å². The first-order valence-corrected chi connectivity index (χ1v) is 6.75. The number of carbonyl (C=O) groups excluding carboxylic acids is 2. The zero-order valence-electron chi connectivity index (χ0n) is 10.9.